The number of piperazine rings is 1. The molecule has 5 aliphatic heterocycles. The number of hydrogen-bond donors (Lipinski definition) is 0. The zero-order valence-electron chi connectivity index (χ0n) is 46.3. The first-order chi connectivity index (χ1) is 33.6. The second-order valence-electron chi connectivity index (χ2n) is 23.0. The van der Waals surface area contributed by atoms with E-state index in [4.69, 9.17) is 4.74 Å². The summed E-state index contributed by atoms with van der Waals surface area (Å²) in [4.78, 5) is 27.3. The predicted molar refractivity (Wildman–Crippen MR) is 285 cm³/mol. The number of unbranched alkanes of at least 4 members (excludes halogenated alkanes) is 3. The van der Waals surface area contributed by atoms with Gasteiger partial charge in [0.25, 0.3) is 0 Å². The number of ether oxygens (including phenoxy) is 1. The first-order valence-corrected chi connectivity index (χ1v) is 34.4. The number of hydrogen-bond acceptors (Lipinski definition) is 14. The second-order valence-corrected chi connectivity index (χ2v) is 31.3. The van der Waals surface area contributed by atoms with E-state index in [1.54, 1.807) is 11.8 Å². The van der Waals surface area contributed by atoms with E-state index >= 15 is 0 Å². The maximum atomic E-state index is 14.6. The average Bonchev–Trinajstić information content (AvgIpc) is 4.06. The van der Waals surface area contributed by atoms with Crippen LogP contribution in [0.15, 0.2) is 54.6 Å². The molecule has 22 heteroatoms. The van der Waals surface area contributed by atoms with Crippen LogP contribution in [-0.4, -0.2) is 187 Å². The van der Waals surface area contributed by atoms with E-state index in [1.807, 2.05) is 37.3 Å². The van der Waals surface area contributed by atoms with Gasteiger partial charge in [0.1, 0.15) is 41.8 Å². The molecule has 16 nitrogen and oxygen atoms in total. The van der Waals surface area contributed by atoms with Gasteiger partial charge >= 0.3 is 59.1 Å². The van der Waals surface area contributed by atoms with E-state index in [0.717, 1.165) is 91.5 Å². The standard InChI is InChI=1S/C53H87N4O10PS3.2Na.2H2O/c1-5-16-47-29-55(42-68(58,59)60)32-48(47)38-70(63,64)40-51-35-57(26-24-56(25-27-57)33-43(6-2)44(7-3)34-56)36-52(51)41-71(65,66)39-50-31-54(30-49(50)37-69(61,62)8-4)23-14-9-10-15-28-67-53-21-19-46(20-22-53)45-17-12-11-13-18-45;;;;/h11-13,17-22,43-44,47-52H,5-10,14-16,23-42H2,1-4H3;;;2*1H2/q;2*+1;;/p-2. The molecule has 5 heterocycles. The Bertz CT molecular complexity index is 2400. The Morgan fingerprint density at radius 3 is 1.45 bits per heavy atom. The van der Waals surface area contributed by atoms with Crippen molar-refractivity contribution in [1.29, 1.82) is 0 Å². The summed E-state index contributed by atoms with van der Waals surface area (Å²) in [5, 5.41) is 0. The van der Waals surface area contributed by atoms with Crippen LogP contribution in [0.1, 0.15) is 79.1 Å². The fraction of sp³-hybridized carbons (Fsp3) is 0.774. The van der Waals surface area contributed by atoms with Gasteiger partial charge in [-0.15, -0.1) is 0 Å². The third kappa shape index (κ3) is 20.1. The summed E-state index contributed by atoms with van der Waals surface area (Å²) in [6, 6.07) is 18.4. The summed E-state index contributed by atoms with van der Waals surface area (Å²) in [6.07, 6.45) is 7.11. The number of nitrogens with zero attached hydrogens (tertiary/aromatic N) is 4. The van der Waals surface area contributed by atoms with Crippen LogP contribution in [0.25, 0.3) is 11.1 Å². The number of likely N-dealkylation sites (tertiary alicyclic amines) is 2. The minimum atomic E-state index is -4.81. The van der Waals surface area contributed by atoms with Gasteiger partial charge in [0.15, 0.2) is 19.7 Å². The Labute approximate surface area is 496 Å². The summed E-state index contributed by atoms with van der Waals surface area (Å²) in [6.45, 7) is 18.8. The Hall–Kier alpha value is 0.000000000000000513. The minimum absolute atomic E-state index is 0. The van der Waals surface area contributed by atoms with E-state index < -0.39 is 43.4 Å². The smallest absolute Gasteiger partial charge is 0.870 e. The number of sulfone groups is 3. The molecule has 7 rings (SSSR count). The Morgan fingerprint density at radius 2 is 0.973 bits per heavy atom. The summed E-state index contributed by atoms with van der Waals surface area (Å²) >= 11 is 0. The average molecular weight is 1150 g/mol. The Morgan fingerprint density at radius 1 is 0.547 bits per heavy atom. The van der Waals surface area contributed by atoms with E-state index in [0.29, 0.717) is 51.2 Å². The molecule has 8 atom stereocenters. The second kappa shape index (κ2) is 30.3. The molecule has 5 fully saturated rings. The fourth-order valence-electron chi connectivity index (χ4n) is 14.0. The third-order valence-electron chi connectivity index (χ3n) is 17.7. The van der Waals surface area contributed by atoms with Gasteiger partial charge in [-0.25, -0.2) is 25.3 Å². The van der Waals surface area contributed by atoms with Gasteiger partial charge in [-0.2, -0.15) is 0 Å². The van der Waals surface area contributed by atoms with Crippen molar-refractivity contribution in [2.24, 2.45) is 47.3 Å². The van der Waals surface area contributed by atoms with Crippen LogP contribution in [0.3, 0.4) is 0 Å². The predicted octanol–water partition coefficient (Wildman–Crippen LogP) is -1.06. The summed E-state index contributed by atoms with van der Waals surface area (Å²) < 4.78 is 104. The molecule has 2 spiro atoms. The SMILES string of the molecule is CCCC1CN(CP(=O)([O-])[O-])CC1CS(=O)(=O)CC1C[N+]2(CC[N+]3(CC2)CC(CC)C(CC)C3)CC1CS(=O)(=O)CC1CN(CCCCCCOc2ccc(-c3ccccc3)cc2)CC1CS(=O)(=O)CC.[Na+].[Na+].[OH-].[OH-]. The van der Waals surface area contributed by atoms with Gasteiger partial charge in [-0.05, 0) is 85.6 Å². The van der Waals surface area contributed by atoms with E-state index in [9.17, 15) is 39.6 Å². The summed E-state index contributed by atoms with van der Waals surface area (Å²) in [7, 11) is -15.6. The molecule has 0 bridgehead atoms. The van der Waals surface area contributed by atoms with Gasteiger partial charge in [-0.3, -0.25) is 4.90 Å². The van der Waals surface area contributed by atoms with Crippen molar-refractivity contribution < 1.29 is 123 Å². The third-order valence-corrected chi connectivity index (χ3v) is 24.0. The van der Waals surface area contributed by atoms with Gasteiger partial charge in [0.2, 0.25) is 0 Å². The molecule has 2 aromatic carbocycles. The van der Waals surface area contributed by atoms with Gasteiger partial charge < -0.3 is 43.9 Å². The minimum Gasteiger partial charge on any atom is -0.870 e. The van der Waals surface area contributed by atoms with Crippen LogP contribution in [-0.2, 0) is 34.1 Å². The molecule has 0 aromatic heterocycles. The topological polar surface area (TPSA) is 241 Å². The van der Waals surface area contributed by atoms with E-state index in [1.165, 1.54) is 31.5 Å². The van der Waals surface area contributed by atoms with Crippen LogP contribution in [0.2, 0.25) is 0 Å². The largest absolute Gasteiger partial charge is 1.00 e. The molecule has 418 valence electrons. The van der Waals surface area contributed by atoms with Crippen molar-refractivity contribution in [1.82, 2.24) is 9.80 Å². The van der Waals surface area contributed by atoms with Crippen LogP contribution in [0.5, 0.6) is 5.75 Å². The number of benzene rings is 2. The maximum absolute atomic E-state index is 14.6. The molecule has 0 aliphatic carbocycles. The van der Waals surface area contributed by atoms with Crippen molar-refractivity contribution >= 4 is 37.1 Å². The van der Waals surface area contributed by atoms with Crippen molar-refractivity contribution in [3.05, 3.63) is 54.6 Å². The number of quaternary nitrogens is 2. The van der Waals surface area contributed by atoms with E-state index in [2.05, 4.69) is 43.0 Å². The van der Waals surface area contributed by atoms with Gasteiger partial charge in [0.05, 0.1) is 61.6 Å². The first kappa shape index (κ1) is 69.3. The van der Waals surface area contributed by atoms with Crippen LogP contribution < -0.4 is 73.6 Å². The first-order valence-electron chi connectivity index (χ1n) is 27.2. The molecule has 8 unspecified atom stereocenters. The van der Waals surface area contributed by atoms with Crippen LogP contribution >= 0.6 is 7.60 Å². The molecule has 5 aliphatic rings. The summed E-state index contributed by atoms with van der Waals surface area (Å²) in [5.74, 6) is 0.150. The number of rotatable bonds is 26. The Kier molecular flexibility index (Phi) is 28.0. The van der Waals surface area contributed by atoms with Crippen molar-refractivity contribution in [3.63, 3.8) is 0 Å². The molecule has 0 saturated carbocycles. The van der Waals surface area contributed by atoms with E-state index in [-0.39, 0.29) is 147 Å². The van der Waals surface area contributed by atoms with Crippen molar-refractivity contribution in [2.75, 3.05) is 132 Å². The molecule has 0 radical (unpaired) electrons. The fourth-order valence-corrected chi connectivity index (χ4v) is 20.3. The van der Waals surface area contributed by atoms with Crippen molar-refractivity contribution in [2.45, 2.75) is 79.1 Å². The zero-order valence-corrected chi connectivity index (χ0v) is 53.6. The van der Waals surface area contributed by atoms with Crippen LogP contribution in [0, 0.1) is 47.3 Å². The monoisotopic (exact) mass is 1150 g/mol. The van der Waals surface area contributed by atoms with Gasteiger partial charge in [-0.1, -0.05) is 97.0 Å². The maximum Gasteiger partial charge on any atom is 1.00 e. The molecule has 2 N–H and O–H groups in total. The molecule has 0 amide bonds. The molecular formula is C53H89N4Na2O12PS3. The summed E-state index contributed by atoms with van der Waals surface area (Å²) in [5.41, 5.74) is 2.31. The van der Waals surface area contributed by atoms with Gasteiger partial charge in [0, 0.05) is 61.9 Å². The molecular weight excluding hydrogens is 1060 g/mol. The molecule has 5 saturated heterocycles. The quantitative estimate of drug-likeness (QED) is 0.0473. The molecule has 75 heavy (non-hydrogen) atoms. The Balaban J connectivity index is 0.00000371. The zero-order chi connectivity index (χ0) is 51.1. The van der Waals surface area contributed by atoms with Crippen LogP contribution in [0.4, 0.5) is 0 Å². The molecule has 2 aromatic rings. The van der Waals surface area contributed by atoms with Crippen molar-refractivity contribution in [3.8, 4) is 16.9 Å². The normalized spacial score (nSPS) is 29.4.